The molecule has 0 aromatic carbocycles. The first kappa shape index (κ1) is 12.9. The van der Waals surface area contributed by atoms with Gasteiger partial charge in [0, 0.05) is 0 Å². The molecule has 0 heterocycles. The van der Waals surface area contributed by atoms with E-state index in [4.69, 9.17) is 0 Å². The second-order valence-corrected chi connectivity index (χ2v) is 7.25. The molecule has 3 heteroatoms. The van der Waals surface area contributed by atoms with Crippen molar-refractivity contribution in [3.05, 3.63) is 11.8 Å². The van der Waals surface area contributed by atoms with Crippen LogP contribution in [-0.2, 0) is 0 Å². The Balaban J connectivity index is 4.78. The van der Waals surface area contributed by atoms with E-state index in [0.717, 1.165) is 0 Å². The van der Waals surface area contributed by atoms with Crippen LogP contribution in [0.1, 0.15) is 13.8 Å². The van der Waals surface area contributed by atoms with Gasteiger partial charge in [0.2, 0.25) is 0 Å². The minimum atomic E-state index is -0.877. The highest BCUT2D eigenvalue weighted by molar-refractivity contribution is 6.66. The number of hydrogen-bond donors (Lipinski definition) is 0. The molecule has 0 N–H and O–H groups in total. The highest BCUT2D eigenvalue weighted by atomic mass is 28.3. The summed E-state index contributed by atoms with van der Waals surface area (Å²) in [6, 6.07) is 0. The Morgan fingerprint density at radius 3 is 1.69 bits per heavy atom. The van der Waals surface area contributed by atoms with Gasteiger partial charge in [-0.2, -0.15) is 0 Å². The summed E-state index contributed by atoms with van der Waals surface area (Å²) in [5.41, 5.74) is 2.39. The Labute approximate surface area is 84.8 Å². The number of allylic oxidation sites excluding steroid dienone is 1. The highest BCUT2D eigenvalue weighted by Gasteiger charge is 2.34. The standard InChI is InChI=1S/C10H24N2Si/c1-8-9-13(7)10(2,11(3)4)12(5)6/h8-9,13H,1-7H3. The van der Waals surface area contributed by atoms with Crippen LogP contribution in [-0.4, -0.2) is 52.1 Å². The van der Waals surface area contributed by atoms with Crippen molar-refractivity contribution in [2.24, 2.45) is 0 Å². The zero-order valence-corrected chi connectivity index (χ0v) is 11.3. The zero-order valence-electron chi connectivity index (χ0n) is 10.1. The topological polar surface area (TPSA) is 6.48 Å². The quantitative estimate of drug-likeness (QED) is 0.499. The molecule has 13 heavy (non-hydrogen) atoms. The third-order valence-electron chi connectivity index (χ3n) is 3.15. The minimum absolute atomic E-state index is 0.229. The molecule has 0 aliphatic rings. The predicted octanol–water partition coefficient (Wildman–Crippen LogP) is 1.34. The van der Waals surface area contributed by atoms with Crippen molar-refractivity contribution in [2.45, 2.75) is 25.7 Å². The lowest BCUT2D eigenvalue weighted by Crippen LogP contribution is -2.61. The summed E-state index contributed by atoms with van der Waals surface area (Å²) in [6.07, 6.45) is 2.18. The van der Waals surface area contributed by atoms with Gasteiger partial charge in [0.15, 0.2) is 0 Å². The first-order valence-electron chi connectivity index (χ1n) is 4.85. The Bertz CT molecular complexity index is 168. The lowest BCUT2D eigenvalue weighted by Gasteiger charge is -2.45. The third kappa shape index (κ3) is 2.66. The van der Waals surface area contributed by atoms with Gasteiger partial charge in [0.25, 0.3) is 0 Å². The SMILES string of the molecule is CC=C[SiH](C)C(C)(N(C)C)N(C)C. The van der Waals surface area contributed by atoms with E-state index in [2.05, 4.69) is 70.2 Å². The summed E-state index contributed by atoms with van der Waals surface area (Å²) in [7, 11) is 7.76. The van der Waals surface area contributed by atoms with Gasteiger partial charge in [0.1, 0.15) is 0 Å². The summed E-state index contributed by atoms with van der Waals surface area (Å²) < 4.78 is 0. The summed E-state index contributed by atoms with van der Waals surface area (Å²) in [4.78, 5) is 4.65. The van der Waals surface area contributed by atoms with E-state index in [1.807, 2.05) is 0 Å². The van der Waals surface area contributed by atoms with E-state index in [-0.39, 0.29) is 5.29 Å². The Morgan fingerprint density at radius 2 is 1.46 bits per heavy atom. The van der Waals surface area contributed by atoms with Crippen LogP contribution in [0, 0.1) is 0 Å². The van der Waals surface area contributed by atoms with E-state index in [1.165, 1.54) is 0 Å². The fraction of sp³-hybridized carbons (Fsp3) is 0.800. The summed E-state index contributed by atoms with van der Waals surface area (Å²) >= 11 is 0. The van der Waals surface area contributed by atoms with Crippen molar-refractivity contribution >= 4 is 8.80 Å². The van der Waals surface area contributed by atoms with E-state index in [9.17, 15) is 0 Å². The minimum Gasteiger partial charge on any atom is -0.295 e. The van der Waals surface area contributed by atoms with E-state index in [0.29, 0.717) is 0 Å². The van der Waals surface area contributed by atoms with Crippen LogP contribution in [0.2, 0.25) is 6.55 Å². The van der Waals surface area contributed by atoms with Gasteiger partial charge in [-0.15, -0.1) is 0 Å². The molecule has 1 unspecified atom stereocenters. The molecular weight excluding hydrogens is 176 g/mol. The van der Waals surface area contributed by atoms with Crippen LogP contribution in [0.15, 0.2) is 11.8 Å². The lowest BCUT2D eigenvalue weighted by molar-refractivity contribution is 0.0968. The molecule has 0 fully saturated rings. The summed E-state index contributed by atoms with van der Waals surface area (Å²) in [5.74, 6) is 0. The average Bonchev–Trinajstić information content (AvgIpc) is 2.02. The maximum atomic E-state index is 2.39. The molecule has 0 aliphatic carbocycles. The van der Waals surface area contributed by atoms with Crippen LogP contribution in [0.4, 0.5) is 0 Å². The van der Waals surface area contributed by atoms with E-state index in [1.54, 1.807) is 0 Å². The Kier molecular flexibility index (Phi) is 4.89. The Hall–Kier alpha value is -0.123. The smallest absolute Gasteiger partial charge is 0.0987 e. The molecule has 78 valence electrons. The van der Waals surface area contributed by atoms with Crippen LogP contribution in [0.5, 0.6) is 0 Å². The second-order valence-electron chi connectivity index (χ2n) is 4.20. The maximum absolute atomic E-state index is 2.39. The normalized spacial score (nSPS) is 16.1. The first-order valence-corrected chi connectivity index (χ1v) is 7.24. The van der Waals surface area contributed by atoms with Gasteiger partial charge in [-0.3, -0.25) is 9.80 Å². The van der Waals surface area contributed by atoms with Crippen LogP contribution in [0.25, 0.3) is 0 Å². The molecular formula is C10H24N2Si. The molecule has 0 saturated heterocycles. The fourth-order valence-electron chi connectivity index (χ4n) is 1.69. The monoisotopic (exact) mass is 200 g/mol. The maximum Gasteiger partial charge on any atom is 0.0987 e. The number of nitrogens with zero attached hydrogens (tertiary/aromatic N) is 2. The molecule has 0 aromatic heterocycles. The largest absolute Gasteiger partial charge is 0.295 e. The third-order valence-corrected chi connectivity index (χ3v) is 6.87. The summed E-state index contributed by atoms with van der Waals surface area (Å²) in [6.45, 7) is 6.82. The molecule has 0 rings (SSSR count). The van der Waals surface area contributed by atoms with E-state index < -0.39 is 8.80 Å². The van der Waals surface area contributed by atoms with Gasteiger partial charge in [-0.05, 0) is 42.0 Å². The molecule has 0 amide bonds. The fourth-order valence-corrected chi connectivity index (χ4v) is 4.26. The average molecular weight is 200 g/mol. The van der Waals surface area contributed by atoms with Crippen molar-refractivity contribution in [3.63, 3.8) is 0 Å². The molecule has 2 nitrogen and oxygen atoms in total. The molecule has 1 atom stereocenters. The number of rotatable bonds is 4. The van der Waals surface area contributed by atoms with Crippen LogP contribution in [0.3, 0.4) is 0 Å². The highest BCUT2D eigenvalue weighted by Crippen LogP contribution is 2.18. The van der Waals surface area contributed by atoms with Crippen molar-refractivity contribution in [1.82, 2.24) is 9.80 Å². The molecule has 0 saturated carbocycles. The van der Waals surface area contributed by atoms with Gasteiger partial charge in [-0.25, -0.2) is 0 Å². The molecule has 0 aromatic rings. The molecule has 0 spiro atoms. The van der Waals surface area contributed by atoms with Gasteiger partial charge in [0.05, 0.1) is 14.1 Å². The van der Waals surface area contributed by atoms with Gasteiger partial charge >= 0.3 is 0 Å². The second kappa shape index (κ2) is 4.93. The first-order chi connectivity index (χ1) is 5.87. The van der Waals surface area contributed by atoms with Crippen molar-refractivity contribution in [3.8, 4) is 0 Å². The lowest BCUT2D eigenvalue weighted by atomic mass is 10.4. The van der Waals surface area contributed by atoms with Gasteiger partial charge in [-0.1, -0.05) is 18.3 Å². The van der Waals surface area contributed by atoms with Gasteiger partial charge < -0.3 is 0 Å². The zero-order chi connectivity index (χ0) is 10.6. The van der Waals surface area contributed by atoms with Crippen molar-refractivity contribution in [2.75, 3.05) is 28.2 Å². The predicted molar refractivity (Wildman–Crippen MR) is 63.6 cm³/mol. The van der Waals surface area contributed by atoms with E-state index >= 15 is 0 Å². The molecule has 0 radical (unpaired) electrons. The van der Waals surface area contributed by atoms with Crippen LogP contribution >= 0.6 is 0 Å². The van der Waals surface area contributed by atoms with Crippen molar-refractivity contribution < 1.29 is 0 Å². The Morgan fingerprint density at radius 1 is 1.08 bits per heavy atom. The molecule has 0 bridgehead atoms. The molecule has 0 aliphatic heterocycles. The van der Waals surface area contributed by atoms with Crippen LogP contribution < -0.4 is 0 Å². The number of hydrogen-bond acceptors (Lipinski definition) is 2. The van der Waals surface area contributed by atoms with Crippen molar-refractivity contribution in [1.29, 1.82) is 0 Å². The summed E-state index contributed by atoms with van der Waals surface area (Å²) in [5, 5.41) is 0.229.